The second kappa shape index (κ2) is 11.4. The van der Waals surface area contributed by atoms with Crippen molar-refractivity contribution < 1.29 is 23.5 Å². The molecule has 1 atom stereocenters. The number of carbonyl (C=O) groups excluding carboxylic acids is 1. The number of hydrogen-bond acceptors (Lipinski definition) is 5. The van der Waals surface area contributed by atoms with E-state index in [0.29, 0.717) is 26.1 Å². The average molecular weight is 463 g/mol. The van der Waals surface area contributed by atoms with Gasteiger partial charge in [0, 0.05) is 18.5 Å². The minimum Gasteiger partial charge on any atom is -0.496 e. The zero-order valence-corrected chi connectivity index (χ0v) is 19.0. The molecule has 3 aromatic rings. The van der Waals surface area contributed by atoms with Gasteiger partial charge in [0.1, 0.15) is 18.2 Å². The summed E-state index contributed by atoms with van der Waals surface area (Å²) in [7, 11) is 1.62. The summed E-state index contributed by atoms with van der Waals surface area (Å²) in [6, 6.07) is 23.4. The molecule has 34 heavy (non-hydrogen) atoms. The fourth-order valence-corrected chi connectivity index (χ4v) is 3.80. The number of halogens is 1. The van der Waals surface area contributed by atoms with Crippen LogP contribution in [0.4, 0.5) is 4.39 Å². The van der Waals surface area contributed by atoms with Gasteiger partial charge in [-0.05, 0) is 35.4 Å². The highest BCUT2D eigenvalue weighted by Gasteiger charge is 2.28. The molecule has 0 spiro atoms. The minimum atomic E-state index is -0.318. The summed E-state index contributed by atoms with van der Waals surface area (Å²) in [5.74, 6) is 0.232. The van der Waals surface area contributed by atoms with Crippen LogP contribution in [0.2, 0.25) is 0 Å². The SMILES string of the molecule is COc1ccccc1C1=NO[C@@H](CN(Cc2ccc(F)cc2)C(=O)COCc2ccccc2)C1. The number of amides is 1. The van der Waals surface area contributed by atoms with Gasteiger partial charge >= 0.3 is 0 Å². The Kier molecular flexibility index (Phi) is 7.88. The molecule has 0 aliphatic carbocycles. The van der Waals surface area contributed by atoms with Crippen LogP contribution in [0.1, 0.15) is 23.1 Å². The fourth-order valence-electron chi connectivity index (χ4n) is 3.80. The summed E-state index contributed by atoms with van der Waals surface area (Å²) in [6.07, 6.45) is 0.233. The van der Waals surface area contributed by atoms with E-state index in [-0.39, 0.29) is 24.4 Å². The highest BCUT2D eigenvalue weighted by atomic mass is 19.1. The molecule has 176 valence electrons. The maximum absolute atomic E-state index is 13.4. The first-order chi connectivity index (χ1) is 16.6. The number of ether oxygens (including phenoxy) is 2. The van der Waals surface area contributed by atoms with Crippen molar-refractivity contribution >= 4 is 11.6 Å². The van der Waals surface area contributed by atoms with E-state index in [1.54, 1.807) is 24.1 Å². The van der Waals surface area contributed by atoms with Gasteiger partial charge in [-0.25, -0.2) is 4.39 Å². The summed E-state index contributed by atoms with van der Waals surface area (Å²) in [5, 5.41) is 4.25. The van der Waals surface area contributed by atoms with Gasteiger partial charge in [-0.2, -0.15) is 0 Å². The van der Waals surface area contributed by atoms with Gasteiger partial charge in [-0.1, -0.05) is 59.8 Å². The normalized spacial score (nSPS) is 14.9. The number of rotatable bonds is 10. The lowest BCUT2D eigenvalue weighted by Gasteiger charge is -2.25. The lowest BCUT2D eigenvalue weighted by Crippen LogP contribution is -2.39. The Morgan fingerprint density at radius 3 is 2.53 bits per heavy atom. The molecule has 0 bridgehead atoms. The van der Waals surface area contributed by atoms with E-state index >= 15 is 0 Å². The van der Waals surface area contributed by atoms with Gasteiger partial charge in [0.25, 0.3) is 0 Å². The highest BCUT2D eigenvalue weighted by Crippen LogP contribution is 2.25. The van der Waals surface area contributed by atoms with Crippen molar-refractivity contribution in [2.45, 2.75) is 25.7 Å². The van der Waals surface area contributed by atoms with Crippen LogP contribution in [0.5, 0.6) is 5.75 Å². The predicted octanol–water partition coefficient (Wildman–Crippen LogP) is 4.57. The van der Waals surface area contributed by atoms with Gasteiger partial charge in [0.2, 0.25) is 5.91 Å². The van der Waals surface area contributed by atoms with E-state index in [1.165, 1.54) is 12.1 Å². The summed E-state index contributed by atoms with van der Waals surface area (Å²) < 4.78 is 24.5. The summed E-state index contributed by atoms with van der Waals surface area (Å²) in [5.41, 5.74) is 3.46. The van der Waals surface area contributed by atoms with Crippen LogP contribution in [0.15, 0.2) is 84.0 Å². The van der Waals surface area contributed by atoms with E-state index in [2.05, 4.69) is 5.16 Å². The molecule has 4 rings (SSSR count). The third-order valence-electron chi connectivity index (χ3n) is 5.55. The predicted molar refractivity (Wildman–Crippen MR) is 127 cm³/mol. The Morgan fingerprint density at radius 1 is 1.03 bits per heavy atom. The minimum absolute atomic E-state index is 0.0664. The maximum Gasteiger partial charge on any atom is 0.249 e. The van der Waals surface area contributed by atoms with Crippen LogP contribution in [0, 0.1) is 5.82 Å². The molecule has 0 unspecified atom stereocenters. The first kappa shape index (κ1) is 23.4. The molecule has 7 heteroatoms. The molecular formula is C27H27FN2O4. The second-order valence-electron chi connectivity index (χ2n) is 8.05. The van der Waals surface area contributed by atoms with Gasteiger partial charge < -0.3 is 19.2 Å². The summed E-state index contributed by atoms with van der Waals surface area (Å²) >= 11 is 0. The number of nitrogens with zero attached hydrogens (tertiary/aromatic N) is 2. The molecule has 6 nitrogen and oxygen atoms in total. The molecule has 1 heterocycles. The van der Waals surface area contributed by atoms with Crippen LogP contribution in [-0.2, 0) is 27.5 Å². The van der Waals surface area contributed by atoms with Gasteiger partial charge in [-0.15, -0.1) is 0 Å². The number of methoxy groups -OCH3 is 1. The lowest BCUT2D eigenvalue weighted by atomic mass is 10.0. The van der Waals surface area contributed by atoms with Crippen molar-refractivity contribution in [3.63, 3.8) is 0 Å². The van der Waals surface area contributed by atoms with E-state index in [1.807, 2.05) is 54.6 Å². The van der Waals surface area contributed by atoms with Gasteiger partial charge in [-0.3, -0.25) is 4.79 Å². The molecule has 0 N–H and O–H groups in total. The number of benzene rings is 3. The van der Waals surface area contributed by atoms with Crippen molar-refractivity contribution in [3.8, 4) is 5.75 Å². The topological polar surface area (TPSA) is 60.4 Å². The molecule has 1 aliphatic rings. The zero-order chi connectivity index (χ0) is 23.8. The number of para-hydroxylation sites is 1. The molecule has 0 aromatic heterocycles. The van der Waals surface area contributed by atoms with Gasteiger partial charge in [0.05, 0.1) is 26.0 Å². The largest absolute Gasteiger partial charge is 0.496 e. The van der Waals surface area contributed by atoms with Crippen molar-refractivity contribution in [2.75, 3.05) is 20.3 Å². The highest BCUT2D eigenvalue weighted by molar-refractivity contribution is 6.03. The van der Waals surface area contributed by atoms with Crippen LogP contribution >= 0.6 is 0 Å². The Bertz CT molecular complexity index is 1120. The quantitative estimate of drug-likeness (QED) is 0.443. The Balaban J connectivity index is 1.40. The van der Waals surface area contributed by atoms with Crippen molar-refractivity contribution in [2.24, 2.45) is 5.16 Å². The zero-order valence-electron chi connectivity index (χ0n) is 19.0. The molecule has 0 fully saturated rings. The monoisotopic (exact) mass is 462 g/mol. The third kappa shape index (κ3) is 6.20. The second-order valence-corrected chi connectivity index (χ2v) is 8.05. The van der Waals surface area contributed by atoms with E-state index in [0.717, 1.165) is 28.2 Å². The lowest BCUT2D eigenvalue weighted by molar-refractivity contribution is -0.139. The number of carbonyl (C=O) groups is 1. The summed E-state index contributed by atoms with van der Waals surface area (Å²) in [4.78, 5) is 20.4. The smallest absolute Gasteiger partial charge is 0.249 e. The molecule has 1 aliphatic heterocycles. The third-order valence-corrected chi connectivity index (χ3v) is 5.55. The molecule has 3 aromatic carbocycles. The maximum atomic E-state index is 13.4. The number of hydrogen-bond donors (Lipinski definition) is 0. The van der Waals surface area contributed by atoms with E-state index in [9.17, 15) is 9.18 Å². The summed E-state index contributed by atoms with van der Waals surface area (Å²) in [6.45, 7) is 0.922. The van der Waals surface area contributed by atoms with Crippen LogP contribution in [-0.4, -0.2) is 42.9 Å². The average Bonchev–Trinajstić information content (AvgIpc) is 3.34. The molecule has 1 amide bonds. The fraction of sp³-hybridized carbons (Fsp3) is 0.259. The van der Waals surface area contributed by atoms with E-state index < -0.39 is 0 Å². The Hall–Kier alpha value is -3.71. The molecule has 0 saturated heterocycles. The molecule has 0 radical (unpaired) electrons. The van der Waals surface area contributed by atoms with Crippen molar-refractivity contribution in [3.05, 3.63) is 101 Å². The van der Waals surface area contributed by atoms with E-state index in [4.69, 9.17) is 14.3 Å². The van der Waals surface area contributed by atoms with Crippen molar-refractivity contribution in [1.29, 1.82) is 0 Å². The van der Waals surface area contributed by atoms with Crippen molar-refractivity contribution in [1.82, 2.24) is 4.90 Å². The molecule has 0 saturated carbocycles. The standard InChI is InChI=1S/C27H27FN2O4/c1-32-26-10-6-5-9-24(26)25-15-23(34-29-25)17-30(16-20-11-13-22(28)14-12-20)27(31)19-33-18-21-7-3-2-4-8-21/h2-14,23H,15-19H2,1H3/t23-/m1/s1. The first-order valence-electron chi connectivity index (χ1n) is 11.1. The Morgan fingerprint density at radius 2 is 1.76 bits per heavy atom. The first-order valence-corrected chi connectivity index (χ1v) is 11.1. The van der Waals surface area contributed by atoms with Gasteiger partial charge in [0.15, 0.2) is 6.10 Å². The Labute approximate surface area is 198 Å². The number of oxime groups is 1. The molecular weight excluding hydrogens is 435 g/mol. The van der Waals surface area contributed by atoms with Crippen LogP contribution in [0.3, 0.4) is 0 Å². The van der Waals surface area contributed by atoms with Crippen LogP contribution in [0.25, 0.3) is 0 Å². The van der Waals surface area contributed by atoms with Crippen LogP contribution < -0.4 is 4.74 Å².